The summed E-state index contributed by atoms with van der Waals surface area (Å²) in [5.74, 6) is 0.169. The van der Waals surface area contributed by atoms with E-state index in [0.29, 0.717) is 12.1 Å². The molecular formula is C14H17NO. The molecule has 1 aromatic carbocycles. The molecule has 0 aliphatic carbocycles. The van der Waals surface area contributed by atoms with Gasteiger partial charge in [-0.1, -0.05) is 44.5 Å². The Labute approximate surface area is 97.1 Å². The number of carbonyl (C=O) groups is 1. The van der Waals surface area contributed by atoms with Gasteiger partial charge < -0.3 is 0 Å². The van der Waals surface area contributed by atoms with E-state index in [0.717, 1.165) is 11.1 Å². The highest BCUT2D eigenvalue weighted by molar-refractivity contribution is 5.87. The SMILES string of the molecule is [C-]#[N+]c1ccc(C)cc1CC(=O)C(C)(C)C. The molecule has 84 valence electrons. The van der Waals surface area contributed by atoms with E-state index in [1.807, 2.05) is 39.8 Å². The topological polar surface area (TPSA) is 21.4 Å². The van der Waals surface area contributed by atoms with E-state index in [1.54, 1.807) is 6.07 Å². The molecule has 2 nitrogen and oxygen atoms in total. The zero-order valence-corrected chi connectivity index (χ0v) is 10.3. The van der Waals surface area contributed by atoms with E-state index in [9.17, 15) is 4.79 Å². The number of rotatable bonds is 2. The van der Waals surface area contributed by atoms with Gasteiger partial charge in [-0.2, -0.15) is 0 Å². The Bertz CT molecular complexity index is 447. The lowest BCUT2D eigenvalue weighted by atomic mass is 9.86. The summed E-state index contributed by atoms with van der Waals surface area (Å²) >= 11 is 0. The van der Waals surface area contributed by atoms with E-state index in [1.165, 1.54) is 0 Å². The monoisotopic (exact) mass is 215 g/mol. The van der Waals surface area contributed by atoms with Crippen LogP contribution < -0.4 is 0 Å². The van der Waals surface area contributed by atoms with E-state index >= 15 is 0 Å². The highest BCUT2D eigenvalue weighted by Gasteiger charge is 2.22. The molecule has 0 aromatic heterocycles. The second-order valence-corrected chi connectivity index (χ2v) is 5.09. The van der Waals surface area contributed by atoms with Crippen molar-refractivity contribution in [3.05, 3.63) is 40.7 Å². The number of carbonyl (C=O) groups excluding carboxylic acids is 1. The van der Waals surface area contributed by atoms with Crippen molar-refractivity contribution in [3.8, 4) is 0 Å². The molecule has 0 unspecified atom stereocenters. The molecule has 0 bridgehead atoms. The van der Waals surface area contributed by atoms with Gasteiger partial charge in [-0.15, -0.1) is 0 Å². The maximum atomic E-state index is 11.9. The number of hydrogen-bond acceptors (Lipinski definition) is 1. The van der Waals surface area contributed by atoms with Gasteiger partial charge in [0.25, 0.3) is 0 Å². The minimum absolute atomic E-state index is 0.169. The number of hydrogen-bond donors (Lipinski definition) is 0. The molecule has 0 spiro atoms. The van der Waals surface area contributed by atoms with Crippen LogP contribution in [0.1, 0.15) is 31.9 Å². The van der Waals surface area contributed by atoms with Gasteiger partial charge in [-0.25, -0.2) is 4.85 Å². The molecule has 1 aromatic rings. The Morgan fingerprint density at radius 3 is 2.50 bits per heavy atom. The first kappa shape index (κ1) is 12.4. The van der Waals surface area contributed by atoms with Crippen molar-refractivity contribution in [1.82, 2.24) is 0 Å². The summed E-state index contributed by atoms with van der Waals surface area (Å²) in [6.07, 6.45) is 0.350. The molecule has 1 rings (SSSR count). The zero-order valence-electron chi connectivity index (χ0n) is 10.3. The standard InChI is InChI=1S/C14H17NO/c1-10-6-7-12(15-5)11(8-10)9-13(16)14(2,3)4/h6-8H,9H2,1-4H3. The summed E-state index contributed by atoms with van der Waals surface area (Å²) in [5, 5.41) is 0. The molecular weight excluding hydrogens is 198 g/mol. The van der Waals surface area contributed by atoms with Gasteiger partial charge in [0, 0.05) is 11.8 Å². The zero-order chi connectivity index (χ0) is 12.3. The van der Waals surface area contributed by atoms with Gasteiger partial charge in [0.2, 0.25) is 0 Å². The summed E-state index contributed by atoms with van der Waals surface area (Å²) in [7, 11) is 0. The summed E-state index contributed by atoms with van der Waals surface area (Å²) in [6, 6.07) is 5.61. The van der Waals surface area contributed by atoms with Crippen LogP contribution in [0.25, 0.3) is 4.85 Å². The first-order chi connectivity index (χ1) is 7.34. The van der Waals surface area contributed by atoms with Crippen molar-refractivity contribution in [2.24, 2.45) is 5.41 Å². The Morgan fingerprint density at radius 2 is 2.00 bits per heavy atom. The minimum atomic E-state index is -0.344. The van der Waals surface area contributed by atoms with Crippen molar-refractivity contribution in [2.75, 3.05) is 0 Å². The van der Waals surface area contributed by atoms with Crippen LogP contribution in [0.15, 0.2) is 18.2 Å². The van der Waals surface area contributed by atoms with Crippen LogP contribution in [-0.4, -0.2) is 5.78 Å². The van der Waals surface area contributed by atoms with Crippen LogP contribution >= 0.6 is 0 Å². The predicted octanol–water partition coefficient (Wildman–Crippen LogP) is 3.70. The van der Waals surface area contributed by atoms with Crippen molar-refractivity contribution in [1.29, 1.82) is 0 Å². The molecule has 2 heteroatoms. The lowest BCUT2D eigenvalue weighted by molar-refractivity contribution is -0.125. The number of benzene rings is 1. The molecule has 0 saturated carbocycles. The minimum Gasteiger partial charge on any atom is -0.299 e. The van der Waals surface area contributed by atoms with Gasteiger partial charge in [0.15, 0.2) is 5.69 Å². The molecule has 16 heavy (non-hydrogen) atoms. The number of nitrogens with zero attached hydrogens (tertiary/aromatic N) is 1. The average molecular weight is 215 g/mol. The number of aryl methyl sites for hydroxylation is 1. The fraction of sp³-hybridized carbons (Fsp3) is 0.429. The second-order valence-electron chi connectivity index (χ2n) is 5.09. The van der Waals surface area contributed by atoms with Crippen LogP contribution in [0.3, 0.4) is 0 Å². The maximum absolute atomic E-state index is 11.9. The maximum Gasteiger partial charge on any atom is 0.190 e. The van der Waals surface area contributed by atoms with E-state index in [-0.39, 0.29) is 11.2 Å². The summed E-state index contributed by atoms with van der Waals surface area (Å²) in [4.78, 5) is 15.4. The third-order valence-electron chi connectivity index (χ3n) is 2.54. The van der Waals surface area contributed by atoms with E-state index in [4.69, 9.17) is 6.57 Å². The third kappa shape index (κ3) is 2.93. The highest BCUT2D eigenvalue weighted by atomic mass is 16.1. The molecule has 0 N–H and O–H groups in total. The fourth-order valence-corrected chi connectivity index (χ4v) is 1.40. The van der Waals surface area contributed by atoms with Crippen LogP contribution in [0.5, 0.6) is 0 Å². The first-order valence-corrected chi connectivity index (χ1v) is 5.35. The molecule has 0 amide bonds. The lowest BCUT2D eigenvalue weighted by Gasteiger charge is -2.17. The molecule has 0 saturated heterocycles. The first-order valence-electron chi connectivity index (χ1n) is 5.35. The fourth-order valence-electron chi connectivity index (χ4n) is 1.40. The molecule has 0 atom stereocenters. The van der Waals surface area contributed by atoms with Gasteiger partial charge in [0.1, 0.15) is 5.78 Å². The van der Waals surface area contributed by atoms with Gasteiger partial charge in [0.05, 0.1) is 6.57 Å². The summed E-state index contributed by atoms with van der Waals surface area (Å²) < 4.78 is 0. The van der Waals surface area contributed by atoms with Gasteiger partial charge in [-0.05, 0) is 12.5 Å². The molecule has 0 aliphatic heterocycles. The Balaban J connectivity index is 3.02. The number of ketones is 1. The third-order valence-corrected chi connectivity index (χ3v) is 2.54. The summed E-state index contributed by atoms with van der Waals surface area (Å²) in [6.45, 7) is 14.8. The Morgan fingerprint density at radius 1 is 1.38 bits per heavy atom. The van der Waals surface area contributed by atoms with Crippen molar-refractivity contribution in [3.63, 3.8) is 0 Å². The average Bonchev–Trinajstić information content (AvgIpc) is 2.16. The smallest absolute Gasteiger partial charge is 0.190 e. The van der Waals surface area contributed by atoms with Crippen molar-refractivity contribution >= 4 is 11.5 Å². The van der Waals surface area contributed by atoms with E-state index in [2.05, 4.69) is 4.85 Å². The van der Waals surface area contributed by atoms with E-state index < -0.39 is 0 Å². The normalized spacial score (nSPS) is 10.9. The quantitative estimate of drug-likeness (QED) is 0.689. The largest absolute Gasteiger partial charge is 0.299 e. The van der Waals surface area contributed by atoms with Crippen LogP contribution in [-0.2, 0) is 11.2 Å². The Kier molecular flexibility index (Phi) is 3.49. The molecule has 0 heterocycles. The van der Waals surface area contributed by atoms with Crippen molar-refractivity contribution in [2.45, 2.75) is 34.1 Å². The van der Waals surface area contributed by atoms with Crippen LogP contribution in [0.2, 0.25) is 0 Å². The van der Waals surface area contributed by atoms with Gasteiger partial charge in [-0.3, -0.25) is 4.79 Å². The molecule has 0 fully saturated rings. The second kappa shape index (κ2) is 4.49. The lowest BCUT2D eigenvalue weighted by Crippen LogP contribution is -2.22. The number of Topliss-reactive ketones (excluding diaryl/α,β-unsaturated/α-hetero) is 1. The molecule has 0 aliphatic rings. The van der Waals surface area contributed by atoms with Gasteiger partial charge >= 0.3 is 0 Å². The highest BCUT2D eigenvalue weighted by Crippen LogP contribution is 2.25. The van der Waals surface area contributed by atoms with Crippen LogP contribution in [0.4, 0.5) is 5.69 Å². The van der Waals surface area contributed by atoms with Crippen LogP contribution in [0, 0.1) is 18.9 Å². The summed E-state index contributed by atoms with van der Waals surface area (Å²) in [5.41, 5.74) is 2.17. The Hall–Kier alpha value is -1.62. The van der Waals surface area contributed by atoms with Crippen molar-refractivity contribution < 1.29 is 4.79 Å². The molecule has 0 radical (unpaired) electrons. The predicted molar refractivity (Wildman–Crippen MR) is 65.6 cm³/mol.